The SMILES string of the molecule is CCOC(=O)c1csc(C2CCCN2c2nc(C)nc3c2CCCC3)n1. The summed E-state index contributed by atoms with van der Waals surface area (Å²) < 4.78 is 5.08. The molecule has 138 valence electrons. The summed E-state index contributed by atoms with van der Waals surface area (Å²) in [5.41, 5.74) is 2.95. The van der Waals surface area contributed by atoms with Crippen molar-refractivity contribution < 1.29 is 9.53 Å². The number of aromatic nitrogens is 3. The van der Waals surface area contributed by atoms with Gasteiger partial charge in [-0.05, 0) is 52.4 Å². The molecule has 0 spiro atoms. The van der Waals surface area contributed by atoms with Crippen LogP contribution in [0.3, 0.4) is 0 Å². The number of hydrogen-bond donors (Lipinski definition) is 0. The van der Waals surface area contributed by atoms with Crippen molar-refractivity contribution in [3.05, 3.63) is 33.2 Å². The van der Waals surface area contributed by atoms with Crippen LogP contribution in [0.2, 0.25) is 0 Å². The van der Waals surface area contributed by atoms with Gasteiger partial charge < -0.3 is 9.64 Å². The highest BCUT2D eigenvalue weighted by molar-refractivity contribution is 7.10. The summed E-state index contributed by atoms with van der Waals surface area (Å²) in [7, 11) is 0. The molecule has 0 bridgehead atoms. The summed E-state index contributed by atoms with van der Waals surface area (Å²) in [6.45, 7) is 5.13. The lowest BCUT2D eigenvalue weighted by Crippen LogP contribution is -2.27. The van der Waals surface area contributed by atoms with Gasteiger partial charge in [-0.25, -0.2) is 19.7 Å². The lowest BCUT2D eigenvalue weighted by Gasteiger charge is -2.29. The first-order chi connectivity index (χ1) is 12.7. The molecule has 0 aromatic carbocycles. The normalized spacial score (nSPS) is 19.5. The topological polar surface area (TPSA) is 68.2 Å². The Morgan fingerprint density at radius 1 is 1.27 bits per heavy atom. The van der Waals surface area contributed by atoms with E-state index in [0.717, 1.165) is 48.9 Å². The Hall–Kier alpha value is -2.02. The number of aryl methyl sites for hydroxylation is 2. The number of carbonyl (C=O) groups excluding carboxylic acids is 1. The molecule has 1 atom stereocenters. The maximum atomic E-state index is 11.9. The molecule has 0 N–H and O–H groups in total. The summed E-state index contributed by atoms with van der Waals surface area (Å²) in [4.78, 5) is 28.4. The molecule has 0 saturated carbocycles. The van der Waals surface area contributed by atoms with Crippen molar-refractivity contribution in [1.29, 1.82) is 0 Å². The van der Waals surface area contributed by atoms with Crippen molar-refractivity contribution in [2.24, 2.45) is 0 Å². The van der Waals surface area contributed by atoms with Crippen LogP contribution in [0.25, 0.3) is 0 Å². The van der Waals surface area contributed by atoms with E-state index in [4.69, 9.17) is 9.72 Å². The molecule has 1 unspecified atom stereocenters. The summed E-state index contributed by atoms with van der Waals surface area (Å²) in [6.07, 6.45) is 6.66. The second-order valence-electron chi connectivity index (χ2n) is 6.87. The van der Waals surface area contributed by atoms with Crippen molar-refractivity contribution in [1.82, 2.24) is 15.0 Å². The van der Waals surface area contributed by atoms with E-state index in [1.165, 1.54) is 24.1 Å². The van der Waals surface area contributed by atoms with Gasteiger partial charge in [0.1, 0.15) is 16.6 Å². The highest BCUT2D eigenvalue weighted by atomic mass is 32.1. The van der Waals surface area contributed by atoms with Gasteiger partial charge in [0.05, 0.1) is 12.6 Å². The molecule has 1 saturated heterocycles. The average Bonchev–Trinajstić information content (AvgIpc) is 3.30. The lowest BCUT2D eigenvalue weighted by atomic mass is 9.96. The molecule has 26 heavy (non-hydrogen) atoms. The minimum absolute atomic E-state index is 0.184. The molecular formula is C19H24N4O2S. The van der Waals surface area contributed by atoms with Crippen molar-refractivity contribution in [3.8, 4) is 0 Å². The van der Waals surface area contributed by atoms with Gasteiger partial charge in [-0.1, -0.05) is 0 Å². The Morgan fingerprint density at radius 3 is 2.96 bits per heavy atom. The zero-order valence-electron chi connectivity index (χ0n) is 15.3. The first-order valence-electron chi connectivity index (χ1n) is 9.43. The third kappa shape index (κ3) is 3.20. The van der Waals surface area contributed by atoms with Gasteiger partial charge in [-0.3, -0.25) is 0 Å². The summed E-state index contributed by atoms with van der Waals surface area (Å²) in [6, 6.07) is 0.184. The van der Waals surface area contributed by atoms with Crippen molar-refractivity contribution in [2.45, 2.75) is 58.4 Å². The van der Waals surface area contributed by atoms with E-state index in [1.54, 1.807) is 11.3 Å². The molecule has 0 radical (unpaired) electrons. The molecule has 4 rings (SSSR count). The number of rotatable bonds is 4. The van der Waals surface area contributed by atoms with E-state index in [9.17, 15) is 4.79 Å². The standard InChI is InChI=1S/C19H24N4O2S/c1-3-25-19(24)15-11-26-18(22-15)16-9-6-10-23(16)17-13-7-4-5-8-14(13)20-12(2)21-17/h11,16H,3-10H2,1-2H3. The van der Waals surface area contributed by atoms with E-state index in [-0.39, 0.29) is 12.0 Å². The van der Waals surface area contributed by atoms with E-state index in [0.29, 0.717) is 12.3 Å². The fourth-order valence-corrected chi connectivity index (χ4v) is 4.88. The molecule has 1 aliphatic carbocycles. The first kappa shape index (κ1) is 17.4. The van der Waals surface area contributed by atoms with Crippen LogP contribution in [0.1, 0.15) is 71.2 Å². The van der Waals surface area contributed by atoms with Gasteiger partial charge in [-0.15, -0.1) is 11.3 Å². The van der Waals surface area contributed by atoms with Crippen LogP contribution in [0, 0.1) is 6.92 Å². The predicted octanol–water partition coefficient (Wildman–Crippen LogP) is 3.64. The highest BCUT2D eigenvalue weighted by Crippen LogP contribution is 2.39. The van der Waals surface area contributed by atoms with E-state index in [2.05, 4.69) is 14.9 Å². The zero-order chi connectivity index (χ0) is 18.1. The quantitative estimate of drug-likeness (QED) is 0.763. The molecule has 7 heteroatoms. The molecule has 1 fully saturated rings. The molecule has 2 aromatic rings. The van der Waals surface area contributed by atoms with Crippen LogP contribution in [-0.4, -0.2) is 34.1 Å². The van der Waals surface area contributed by atoms with E-state index in [1.807, 2.05) is 19.2 Å². The first-order valence-corrected chi connectivity index (χ1v) is 10.3. The second kappa shape index (κ2) is 7.31. The van der Waals surface area contributed by atoms with E-state index >= 15 is 0 Å². The summed E-state index contributed by atoms with van der Waals surface area (Å²) in [5.74, 6) is 1.59. The third-order valence-corrected chi connectivity index (χ3v) is 6.04. The monoisotopic (exact) mass is 372 g/mol. The van der Waals surface area contributed by atoms with Gasteiger partial charge in [0, 0.05) is 23.2 Å². The molecule has 3 heterocycles. The largest absolute Gasteiger partial charge is 0.461 e. The predicted molar refractivity (Wildman–Crippen MR) is 101 cm³/mol. The molecule has 2 aromatic heterocycles. The second-order valence-corrected chi connectivity index (χ2v) is 7.76. The van der Waals surface area contributed by atoms with Gasteiger partial charge in [0.2, 0.25) is 0 Å². The molecule has 6 nitrogen and oxygen atoms in total. The maximum Gasteiger partial charge on any atom is 0.357 e. The van der Waals surface area contributed by atoms with Gasteiger partial charge in [0.15, 0.2) is 5.69 Å². The number of nitrogens with zero attached hydrogens (tertiary/aromatic N) is 4. The fraction of sp³-hybridized carbons (Fsp3) is 0.579. The van der Waals surface area contributed by atoms with Crippen molar-refractivity contribution in [2.75, 3.05) is 18.1 Å². The van der Waals surface area contributed by atoms with Crippen LogP contribution in [0.5, 0.6) is 0 Å². The lowest BCUT2D eigenvalue weighted by molar-refractivity contribution is 0.0520. The summed E-state index contributed by atoms with van der Waals surface area (Å²) in [5, 5.41) is 2.79. The van der Waals surface area contributed by atoms with E-state index < -0.39 is 0 Å². The number of thiazole rings is 1. The Balaban J connectivity index is 1.66. The summed E-state index contributed by atoms with van der Waals surface area (Å²) >= 11 is 1.54. The smallest absolute Gasteiger partial charge is 0.357 e. The van der Waals surface area contributed by atoms with Crippen LogP contribution < -0.4 is 4.90 Å². The third-order valence-electron chi connectivity index (χ3n) is 5.09. The molecule has 0 amide bonds. The maximum absolute atomic E-state index is 11.9. The van der Waals surface area contributed by atoms with Crippen molar-refractivity contribution in [3.63, 3.8) is 0 Å². The fourth-order valence-electron chi connectivity index (χ4n) is 3.95. The Bertz CT molecular complexity index is 820. The molecule has 1 aliphatic heterocycles. The van der Waals surface area contributed by atoms with Gasteiger partial charge >= 0.3 is 5.97 Å². The Labute approximate surface area is 157 Å². The minimum atomic E-state index is -0.338. The van der Waals surface area contributed by atoms with Crippen LogP contribution in [0.15, 0.2) is 5.38 Å². The number of hydrogen-bond acceptors (Lipinski definition) is 7. The minimum Gasteiger partial charge on any atom is -0.461 e. The number of anilines is 1. The molecule has 2 aliphatic rings. The number of ether oxygens (including phenoxy) is 1. The van der Waals surface area contributed by atoms with Crippen LogP contribution >= 0.6 is 11.3 Å². The van der Waals surface area contributed by atoms with Gasteiger partial charge in [-0.2, -0.15) is 0 Å². The average molecular weight is 372 g/mol. The Morgan fingerprint density at radius 2 is 2.12 bits per heavy atom. The number of carbonyl (C=O) groups is 1. The molecular weight excluding hydrogens is 348 g/mol. The van der Waals surface area contributed by atoms with Gasteiger partial charge in [0.25, 0.3) is 0 Å². The van der Waals surface area contributed by atoms with Crippen LogP contribution in [-0.2, 0) is 17.6 Å². The highest BCUT2D eigenvalue weighted by Gasteiger charge is 2.33. The number of esters is 1. The van der Waals surface area contributed by atoms with Crippen LogP contribution in [0.4, 0.5) is 5.82 Å². The van der Waals surface area contributed by atoms with Crippen molar-refractivity contribution >= 4 is 23.1 Å². The Kier molecular flexibility index (Phi) is 4.89. The number of fused-ring (bicyclic) bond motifs is 1. The zero-order valence-corrected chi connectivity index (χ0v) is 16.1.